The Hall–Kier alpha value is -0.850. The van der Waals surface area contributed by atoms with Crippen molar-refractivity contribution < 1.29 is 18.4 Å². The minimum absolute atomic E-state index is 0.0164. The standard InChI is InChI=1S/C14H15F2IO2/c1-10(18)7-8-12(17)9-14(15,16)13(19)11-5-3-2-4-6-11/h2-6,12H,7-9H2,1H3. The van der Waals surface area contributed by atoms with Crippen LogP contribution in [0.5, 0.6) is 0 Å². The second kappa shape index (κ2) is 7.07. The number of benzene rings is 1. The van der Waals surface area contributed by atoms with Crippen molar-refractivity contribution in [3.63, 3.8) is 0 Å². The number of hydrogen-bond acceptors (Lipinski definition) is 2. The summed E-state index contributed by atoms with van der Waals surface area (Å²) in [5, 5.41) is 0. The van der Waals surface area contributed by atoms with Crippen molar-refractivity contribution in [3.05, 3.63) is 35.9 Å². The molecule has 0 saturated heterocycles. The molecular formula is C14H15F2IO2. The lowest BCUT2D eigenvalue weighted by Crippen LogP contribution is -2.31. The fourth-order valence-corrected chi connectivity index (χ4v) is 2.50. The molecule has 0 radical (unpaired) electrons. The molecule has 5 heteroatoms. The summed E-state index contributed by atoms with van der Waals surface area (Å²) in [5.41, 5.74) is 0.0164. The summed E-state index contributed by atoms with van der Waals surface area (Å²) in [6.07, 6.45) is 0.103. The molecule has 0 aliphatic heterocycles. The molecule has 0 aliphatic carbocycles. The van der Waals surface area contributed by atoms with E-state index in [0.29, 0.717) is 6.42 Å². The minimum atomic E-state index is -3.38. The van der Waals surface area contributed by atoms with Gasteiger partial charge in [-0.1, -0.05) is 52.9 Å². The Balaban J connectivity index is 2.65. The largest absolute Gasteiger partial charge is 0.310 e. The highest BCUT2D eigenvalue weighted by Gasteiger charge is 2.40. The number of alkyl halides is 3. The van der Waals surface area contributed by atoms with Gasteiger partial charge in [0.25, 0.3) is 0 Å². The van der Waals surface area contributed by atoms with Crippen LogP contribution in [0, 0.1) is 0 Å². The van der Waals surface area contributed by atoms with Crippen LogP contribution in [0.2, 0.25) is 0 Å². The maximum absolute atomic E-state index is 13.8. The van der Waals surface area contributed by atoms with E-state index >= 15 is 0 Å². The minimum Gasteiger partial charge on any atom is -0.300 e. The van der Waals surface area contributed by atoms with Crippen LogP contribution in [-0.2, 0) is 4.79 Å². The molecule has 0 spiro atoms. The normalized spacial score (nSPS) is 13.1. The summed E-state index contributed by atoms with van der Waals surface area (Å²) in [7, 11) is 0. The summed E-state index contributed by atoms with van der Waals surface area (Å²) < 4.78 is 27.3. The van der Waals surface area contributed by atoms with E-state index in [-0.39, 0.29) is 17.8 Å². The average molecular weight is 380 g/mol. The van der Waals surface area contributed by atoms with Gasteiger partial charge in [0.15, 0.2) is 0 Å². The first kappa shape index (κ1) is 16.2. The van der Waals surface area contributed by atoms with E-state index in [1.165, 1.54) is 19.1 Å². The van der Waals surface area contributed by atoms with Crippen LogP contribution >= 0.6 is 22.6 Å². The maximum atomic E-state index is 13.8. The lowest BCUT2D eigenvalue weighted by molar-refractivity contribution is -0.117. The predicted molar refractivity (Wildman–Crippen MR) is 78.1 cm³/mol. The quantitative estimate of drug-likeness (QED) is 0.406. The van der Waals surface area contributed by atoms with Crippen molar-refractivity contribution in [2.75, 3.05) is 0 Å². The van der Waals surface area contributed by atoms with Crippen LogP contribution in [0.1, 0.15) is 36.5 Å². The van der Waals surface area contributed by atoms with Crippen molar-refractivity contribution in [2.45, 2.75) is 36.0 Å². The van der Waals surface area contributed by atoms with Crippen molar-refractivity contribution in [2.24, 2.45) is 0 Å². The van der Waals surface area contributed by atoms with Gasteiger partial charge in [0.05, 0.1) is 0 Å². The summed E-state index contributed by atoms with van der Waals surface area (Å²) in [6.45, 7) is 1.43. The van der Waals surface area contributed by atoms with Gasteiger partial charge in [-0.2, -0.15) is 8.78 Å². The molecule has 0 heterocycles. The predicted octanol–water partition coefficient (Wildman–Crippen LogP) is 4.07. The third-order valence-corrected chi connectivity index (χ3v) is 3.72. The summed E-state index contributed by atoms with van der Waals surface area (Å²) in [6, 6.07) is 7.55. The monoisotopic (exact) mass is 380 g/mol. The molecule has 0 fully saturated rings. The van der Waals surface area contributed by atoms with Gasteiger partial charge in [-0.3, -0.25) is 4.79 Å². The Bertz CT molecular complexity index is 446. The highest BCUT2D eigenvalue weighted by Crippen LogP contribution is 2.30. The fraction of sp³-hybridized carbons (Fsp3) is 0.429. The molecule has 0 aliphatic rings. The highest BCUT2D eigenvalue weighted by molar-refractivity contribution is 14.1. The second-order valence-electron chi connectivity index (χ2n) is 4.44. The highest BCUT2D eigenvalue weighted by atomic mass is 127. The Morgan fingerprint density at radius 3 is 2.37 bits per heavy atom. The van der Waals surface area contributed by atoms with Gasteiger partial charge in [0, 0.05) is 22.3 Å². The average Bonchev–Trinajstić information content (AvgIpc) is 2.36. The second-order valence-corrected chi connectivity index (χ2v) is 6.20. The third kappa shape index (κ3) is 5.34. The first-order valence-corrected chi connectivity index (χ1v) is 7.18. The lowest BCUT2D eigenvalue weighted by atomic mass is 10.00. The fourth-order valence-electron chi connectivity index (χ4n) is 1.63. The molecule has 1 atom stereocenters. The lowest BCUT2D eigenvalue weighted by Gasteiger charge is -2.18. The molecule has 2 nitrogen and oxygen atoms in total. The summed E-state index contributed by atoms with van der Waals surface area (Å²) in [5.74, 6) is -4.57. The van der Waals surface area contributed by atoms with E-state index in [1.54, 1.807) is 18.2 Å². The molecule has 0 aromatic heterocycles. The van der Waals surface area contributed by atoms with Crippen LogP contribution in [0.3, 0.4) is 0 Å². The Morgan fingerprint density at radius 1 is 1.26 bits per heavy atom. The Kier molecular flexibility index (Phi) is 6.03. The van der Waals surface area contributed by atoms with Crippen LogP contribution in [0.25, 0.3) is 0 Å². The van der Waals surface area contributed by atoms with E-state index in [4.69, 9.17) is 0 Å². The van der Waals surface area contributed by atoms with Gasteiger partial charge in [-0.25, -0.2) is 0 Å². The first-order valence-electron chi connectivity index (χ1n) is 5.94. The van der Waals surface area contributed by atoms with Crippen LogP contribution in [0.15, 0.2) is 30.3 Å². The van der Waals surface area contributed by atoms with Crippen molar-refractivity contribution in [1.29, 1.82) is 0 Å². The van der Waals surface area contributed by atoms with E-state index in [0.717, 1.165) is 0 Å². The molecule has 0 saturated carbocycles. The number of ketones is 2. The zero-order valence-corrected chi connectivity index (χ0v) is 12.7. The van der Waals surface area contributed by atoms with E-state index in [9.17, 15) is 18.4 Å². The molecule has 0 bridgehead atoms. The van der Waals surface area contributed by atoms with E-state index in [1.807, 2.05) is 22.6 Å². The molecule has 104 valence electrons. The molecule has 1 aromatic carbocycles. The van der Waals surface area contributed by atoms with Gasteiger partial charge in [0.1, 0.15) is 5.78 Å². The van der Waals surface area contributed by atoms with Crippen LogP contribution in [0.4, 0.5) is 8.78 Å². The Morgan fingerprint density at radius 2 is 1.84 bits per heavy atom. The smallest absolute Gasteiger partial charge is 0.300 e. The Labute approximate surface area is 124 Å². The molecule has 0 N–H and O–H groups in total. The first-order chi connectivity index (χ1) is 8.83. The van der Waals surface area contributed by atoms with Crippen molar-refractivity contribution >= 4 is 34.2 Å². The third-order valence-electron chi connectivity index (χ3n) is 2.66. The molecule has 1 unspecified atom stereocenters. The molecule has 19 heavy (non-hydrogen) atoms. The van der Waals surface area contributed by atoms with Gasteiger partial charge < -0.3 is 4.79 Å². The van der Waals surface area contributed by atoms with Crippen LogP contribution < -0.4 is 0 Å². The van der Waals surface area contributed by atoms with Gasteiger partial charge in [-0.05, 0) is 13.3 Å². The zero-order valence-electron chi connectivity index (χ0n) is 10.5. The molecular weight excluding hydrogens is 365 g/mol. The summed E-state index contributed by atoms with van der Waals surface area (Å²) in [4.78, 5) is 22.5. The van der Waals surface area contributed by atoms with Gasteiger partial charge in [0.2, 0.25) is 5.78 Å². The number of hydrogen-bond donors (Lipinski definition) is 0. The van der Waals surface area contributed by atoms with E-state index < -0.39 is 22.1 Å². The molecule has 0 amide bonds. The number of rotatable bonds is 7. The molecule has 1 rings (SSSR count). The van der Waals surface area contributed by atoms with Crippen molar-refractivity contribution in [3.8, 4) is 0 Å². The zero-order chi connectivity index (χ0) is 14.5. The number of halogens is 3. The summed E-state index contributed by atoms with van der Waals surface area (Å²) >= 11 is 1.87. The molecule has 1 aromatic rings. The maximum Gasteiger partial charge on any atom is 0.310 e. The number of carbonyl (C=O) groups is 2. The van der Waals surface area contributed by atoms with Gasteiger partial charge >= 0.3 is 5.92 Å². The van der Waals surface area contributed by atoms with Crippen molar-refractivity contribution in [1.82, 2.24) is 0 Å². The number of Topliss-reactive ketones (excluding diaryl/α,β-unsaturated/α-hetero) is 2. The number of carbonyl (C=O) groups excluding carboxylic acids is 2. The van der Waals surface area contributed by atoms with Gasteiger partial charge in [-0.15, -0.1) is 0 Å². The topological polar surface area (TPSA) is 34.1 Å². The SMILES string of the molecule is CC(=O)CCC(I)CC(F)(F)C(=O)c1ccccc1. The van der Waals surface area contributed by atoms with Crippen LogP contribution in [-0.4, -0.2) is 21.4 Å². The van der Waals surface area contributed by atoms with E-state index in [2.05, 4.69) is 0 Å².